The van der Waals surface area contributed by atoms with Gasteiger partial charge in [-0.1, -0.05) is 72.8 Å². The van der Waals surface area contributed by atoms with Crippen molar-refractivity contribution in [3.63, 3.8) is 0 Å². The number of nitrogens with two attached hydrogens (primary N) is 1. The fourth-order valence-corrected chi connectivity index (χ4v) is 3.15. The van der Waals surface area contributed by atoms with Crippen LogP contribution in [0, 0.1) is 0 Å². The minimum Gasteiger partial charge on any atom is -0.320 e. The normalized spacial score (nSPS) is 13.1. The molecular weight excluding hydrogens is 242 g/mol. The molecule has 4 rings (SSSR count). The fraction of sp³-hybridized carbons (Fsp3) is 0.0526. The summed E-state index contributed by atoms with van der Waals surface area (Å²) in [7, 11) is 0. The second kappa shape index (κ2) is 4.32. The van der Waals surface area contributed by atoms with Crippen molar-refractivity contribution in [3.05, 3.63) is 83.9 Å². The summed E-state index contributed by atoms with van der Waals surface area (Å²) in [6.07, 6.45) is 0. The molecule has 1 heteroatoms. The SMILES string of the molecule is NC1c2ccccc2-c2ccccc2-c2ccccc21. The molecule has 0 unspecified atom stereocenters. The summed E-state index contributed by atoms with van der Waals surface area (Å²) in [5.41, 5.74) is 14.0. The van der Waals surface area contributed by atoms with Crippen LogP contribution in [0.25, 0.3) is 22.3 Å². The van der Waals surface area contributed by atoms with Crippen LogP contribution >= 0.6 is 0 Å². The molecule has 20 heavy (non-hydrogen) atoms. The van der Waals surface area contributed by atoms with Gasteiger partial charge in [0.1, 0.15) is 0 Å². The van der Waals surface area contributed by atoms with Crippen molar-refractivity contribution in [3.8, 4) is 22.3 Å². The van der Waals surface area contributed by atoms with Gasteiger partial charge < -0.3 is 5.73 Å². The molecule has 0 aliphatic heterocycles. The third kappa shape index (κ3) is 1.54. The molecule has 96 valence electrons. The lowest BCUT2D eigenvalue weighted by Crippen LogP contribution is -2.12. The van der Waals surface area contributed by atoms with Crippen LogP contribution in [0.1, 0.15) is 17.2 Å². The van der Waals surface area contributed by atoms with Crippen LogP contribution in [0.15, 0.2) is 72.8 Å². The van der Waals surface area contributed by atoms with E-state index < -0.39 is 0 Å². The van der Waals surface area contributed by atoms with Crippen LogP contribution < -0.4 is 5.73 Å². The third-order valence-corrected chi connectivity index (χ3v) is 4.10. The lowest BCUT2D eigenvalue weighted by atomic mass is 9.94. The van der Waals surface area contributed by atoms with Crippen LogP contribution in [0.4, 0.5) is 0 Å². The van der Waals surface area contributed by atoms with Gasteiger partial charge in [-0.3, -0.25) is 0 Å². The summed E-state index contributed by atoms with van der Waals surface area (Å²) in [4.78, 5) is 0. The van der Waals surface area contributed by atoms with Gasteiger partial charge in [-0.15, -0.1) is 0 Å². The Bertz CT molecular complexity index is 723. The van der Waals surface area contributed by atoms with Gasteiger partial charge in [-0.25, -0.2) is 0 Å². The Morgan fingerprint density at radius 3 is 1.30 bits per heavy atom. The molecule has 3 aromatic rings. The standard InChI is InChI=1S/C19H15N/c20-19-17-11-5-3-9-15(17)13-7-1-2-8-14(13)16-10-4-6-12-18(16)19/h1-12,19H,20H2. The molecule has 1 aliphatic carbocycles. The number of hydrogen-bond donors (Lipinski definition) is 1. The highest BCUT2D eigenvalue weighted by Crippen LogP contribution is 2.43. The van der Waals surface area contributed by atoms with Crippen molar-refractivity contribution in [2.24, 2.45) is 5.73 Å². The maximum absolute atomic E-state index is 6.54. The molecule has 0 heterocycles. The molecule has 0 aromatic heterocycles. The largest absolute Gasteiger partial charge is 0.320 e. The van der Waals surface area contributed by atoms with Gasteiger partial charge in [0.15, 0.2) is 0 Å². The Balaban J connectivity index is 2.17. The smallest absolute Gasteiger partial charge is 0.0563 e. The van der Waals surface area contributed by atoms with Crippen molar-refractivity contribution in [2.45, 2.75) is 6.04 Å². The Hall–Kier alpha value is -2.38. The van der Waals surface area contributed by atoms with Crippen molar-refractivity contribution in [1.82, 2.24) is 0 Å². The van der Waals surface area contributed by atoms with E-state index in [1.54, 1.807) is 0 Å². The summed E-state index contributed by atoms with van der Waals surface area (Å²) in [6.45, 7) is 0. The fourth-order valence-electron chi connectivity index (χ4n) is 3.15. The molecule has 0 spiro atoms. The first kappa shape index (κ1) is 11.4. The first-order valence-corrected chi connectivity index (χ1v) is 6.89. The van der Waals surface area contributed by atoms with E-state index in [2.05, 4.69) is 72.8 Å². The molecule has 0 bridgehead atoms. The van der Waals surface area contributed by atoms with E-state index in [-0.39, 0.29) is 6.04 Å². The molecule has 1 aliphatic rings. The predicted molar refractivity (Wildman–Crippen MR) is 83.3 cm³/mol. The van der Waals surface area contributed by atoms with Crippen LogP contribution in [0.3, 0.4) is 0 Å². The summed E-state index contributed by atoms with van der Waals surface area (Å²) in [5, 5.41) is 0. The molecular formula is C19H15N. The minimum absolute atomic E-state index is 0.0743. The zero-order valence-electron chi connectivity index (χ0n) is 11.1. The van der Waals surface area contributed by atoms with Crippen LogP contribution in [0.5, 0.6) is 0 Å². The van der Waals surface area contributed by atoms with Crippen molar-refractivity contribution in [2.75, 3.05) is 0 Å². The van der Waals surface area contributed by atoms with E-state index in [1.807, 2.05) is 0 Å². The van der Waals surface area contributed by atoms with Gasteiger partial charge in [-0.2, -0.15) is 0 Å². The molecule has 1 nitrogen and oxygen atoms in total. The first-order valence-electron chi connectivity index (χ1n) is 6.89. The van der Waals surface area contributed by atoms with Gasteiger partial charge >= 0.3 is 0 Å². The molecule has 0 atom stereocenters. The Morgan fingerprint density at radius 2 is 0.850 bits per heavy atom. The van der Waals surface area contributed by atoms with E-state index >= 15 is 0 Å². The van der Waals surface area contributed by atoms with E-state index in [4.69, 9.17) is 5.73 Å². The minimum atomic E-state index is -0.0743. The zero-order valence-corrected chi connectivity index (χ0v) is 11.1. The summed E-state index contributed by atoms with van der Waals surface area (Å²) < 4.78 is 0. The molecule has 0 fully saturated rings. The number of benzene rings is 3. The number of rotatable bonds is 0. The Morgan fingerprint density at radius 1 is 0.500 bits per heavy atom. The topological polar surface area (TPSA) is 26.0 Å². The predicted octanol–water partition coefficient (Wildman–Crippen LogP) is 4.38. The second-order valence-corrected chi connectivity index (χ2v) is 5.20. The lowest BCUT2D eigenvalue weighted by Gasteiger charge is -2.15. The highest BCUT2D eigenvalue weighted by Gasteiger charge is 2.23. The van der Waals surface area contributed by atoms with Gasteiger partial charge in [0, 0.05) is 0 Å². The van der Waals surface area contributed by atoms with Crippen molar-refractivity contribution < 1.29 is 0 Å². The Kier molecular flexibility index (Phi) is 2.48. The van der Waals surface area contributed by atoms with E-state index in [0.717, 1.165) is 0 Å². The summed E-state index contributed by atoms with van der Waals surface area (Å²) in [6, 6.07) is 25.4. The first-order chi connectivity index (χ1) is 9.86. The van der Waals surface area contributed by atoms with Gasteiger partial charge in [-0.05, 0) is 33.4 Å². The van der Waals surface area contributed by atoms with E-state index in [9.17, 15) is 0 Å². The third-order valence-electron chi connectivity index (χ3n) is 4.10. The Labute approximate surface area is 118 Å². The van der Waals surface area contributed by atoms with Crippen molar-refractivity contribution >= 4 is 0 Å². The zero-order chi connectivity index (χ0) is 13.5. The molecule has 0 amide bonds. The van der Waals surface area contributed by atoms with Crippen LogP contribution in [0.2, 0.25) is 0 Å². The molecule has 0 saturated carbocycles. The van der Waals surface area contributed by atoms with Gasteiger partial charge in [0.25, 0.3) is 0 Å². The highest BCUT2D eigenvalue weighted by molar-refractivity contribution is 5.89. The second-order valence-electron chi connectivity index (χ2n) is 5.20. The molecule has 0 saturated heterocycles. The monoisotopic (exact) mass is 257 g/mol. The maximum Gasteiger partial charge on any atom is 0.0563 e. The molecule has 3 aromatic carbocycles. The maximum atomic E-state index is 6.54. The summed E-state index contributed by atoms with van der Waals surface area (Å²) in [5.74, 6) is 0. The number of hydrogen-bond acceptors (Lipinski definition) is 1. The average Bonchev–Trinajstić information content (AvgIpc) is 2.64. The lowest BCUT2D eigenvalue weighted by molar-refractivity contribution is 0.879. The quantitative estimate of drug-likeness (QED) is 0.635. The van der Waals surface area contributed by atoms with Crippen LogP contribution in [-0.2, 0) is 0 Å². The average molecular weight is 257 g/mol. The van der Waals surface area contributed by atoms with E-state index in [1.165, 1.54) is 33.4 Å². The number of fused-ring (bicyclic) bond motifs is 5. The molecule has 2 N–H and O–H groups in total. The van der Waals surface area contributed by atoms with Crippen molar-refractivity contribution in [1.29, 1.82) is 0 Å². The summed E-state index contributed by atoms with van der Waals surface area (Å²) >= 11 is 0. The highest BCUT2D eigenvalue weighted by atomic mass is 14.6. The molecule has 0 radical (unpaired) electrons. The van der Waals surface area contributed by atoms with Gasteiger partial charge in [0.05, 0.1) is 6.04 Å². The van der Waals surface area contributed by atoms with Crippen LogP contribution in [-0.4, -0.2) is 0 Å². The van der Waals surface area contributed by atoms with Gasteiger partial charge in [0.2, 0.25) is 0 Å². The van der Waals surface area contributed by atoms with E-state index in [0.29, 0.717) is 0 Å².